The Hall–Kier alpha value is -2.58. The van der Waals surface area contributed by atoms with Crippen molar-refractivity contribution in [3.8, 4) is 0 Å². The van der Waals surface area contributed by atoms with E-state index in [0.29, 0.717) is 11.6 Å². The third kappa shape index (κ3) is 3.13. The van der Waals surface area contributed by atoms with Crippen molar-refractivity contribution < 1.29 is 4.79 Å². The zero-order chi connectivity index (χ0) is 18.1. The van der Waals surface area contributed by atoms with E-state index < -0.39 is 0 Å². The van der Waals surface area contributed by atoms with E-state index in [1.807, 2.05) is 66.4 Å². The molecule has 1 amide bonds. The first-order chi connectivity index (χ1) is 12.6. The highest BCUT2D eigenvalue weighted by molar-refractivity contribution is 6.30. The smallest absolute Gasteiger partial charge is 0.254 e. The van der Waals surface area contributed by atoms with Crippen LogP contribution < -0.4 is 0 Å². The Balaban J connectivity index is 1.78. The van der Waals surface area contributed by atoms with Crippen LogP contribution in [-0.4, -0.2) is 17.4 Å². The van der Waals surface area contributed by atoms with E-state index in [-0.39, 0.29) is 11.9 Å². The molecule has 0 aromatic heterocycles. The summed E-state index contributed by atoms with van der Waals surface area (Å²) in [5.74, 6) is 0.0689. The number of benzene rings is 3. The molecule has 130 valence electrons. The Morgan fingerprint density at radius 1 is 0.962 bits per heavy atom. The molecule has 3 aromatic rings. The Bertz CT molecular complexity index is 931. The van der Waals surface area contributed by atoms with Gasteiger partial charge < -0.3 is 4.90 Å². The molecule has 0 aliphatic carbocycles. The molecule has 2 nitrogen and oxygen atoms in total. The molecule has 0 radical (unpaired) electrons. The van der Waals surface area contributed by atoms with Crippen LogP contribution in [0.25, 0.3) is 0 Å². The van der Waals surface area contributed by atoms with Crippen LogP contribution in [0.2, 0.25) is 5.02 Å². The summed E-state index contributed by atoms with van der Waals surface area (Å²) >= 11 is 6.08. The molecule has 0 saturated carbocycles. The number of amides is 1. The first-order valence-corrected chi connectivity index (χ1v) is 9.22. The number of aryl methyl sites for hydroxylation is 1. The topological polar surface area (TPSA) is 20.3 Å². The molecular weight excluding hydrogens is 342 g/mol. The number of fused-ring (bicyclic) bond motifs is 1. The van der Waals surface area contributed by atoms with Gasteiger partial charge in [0.1, 0.15) is 0 Å². The number of nitrogens with zero attached hydrogens (tertiary/aromatic N) is 1. The number of rotatable bonds is 2. The van der Waals surface area contributed by atoms with Gasteiger partial charge >= 0.3 is 0 Å². The average molecular weight is 362 g/mol. The van der Waals surface area contributed by atoms with E-state index in [1.54, 1.807) is 0 Å². The lowest BCUT2D eigenvalue weighted by atomic mass is 9.87. The van der Waals surface area contributed by atoms with Crippen molar-refractivity contribution in [3.05, 3.63) is 106 Å². The molecule has 1 aliphatic heterocycles. The van der Waals surface area contributed by atoms with Crippen molar-refractivity contribution in [2.24, 2.45) is 0 Å². The number of halogens is 1. The van der Waals surface area contributed by atoms with Crippen LogP contribution in [0.15, 0.2) is 72.8 Å². The molecule has 3 heteroatoms. The molecular formula is C23H20ClNO. The van der Waals surface area contributed by atoms with E-state index >= 15 is 0 Å². The van der Waals surface area contributed by atoms with Gasteiger partial charge in [0.2, 0.25) is 0 Å². The predicted octanol–water partition coefficient (Wildman–Crippen LogP) is 5.44. The van der Waals surface area contributed by atoms with Gasteiger partial charge in [-0.2, -0.15) is 0 Å². The summed E-state index contributed by atoms with van der Waals surface area (Å²) in [7, 11) is 0. The fourth-order valence-corrected chi connectivity index (χ4v) is 3.78. The molecule has 0 spiro atoms. The minimum atomic E-state index is -0.0916. The average Bonchev–Trinajstić information content (AvgIpc) is 2.68. The lowest BCUT2D eigenvalue weighted by Crippen LogP contribution is -2.40. The highest BCUT2D eigenvalue weighted by Crippen LogP contribution is 2.36. The van der Waals surface area contributed by atoms with Crippen LogP contribution in [0.3, 0.4) is 0 Å². The molecule has 1 atom stereocenters. The molecule has 1 heterocycles. The summed E-state index contributed by atoms with van der Waals surface area (Å²) in [5, 5.41) is 0.703. The SMILES string of the molecule is Cc1ccc(C(=O)N2CCc3ccccc3[C@H]2c2ccc(Cl)cc2)cc1. The van der Waals surface area contributed by atoms with Crippen LogP contribution in [0.1, 0.15) is 38.7 Å². The van der Waals surface area contributed by atoms with Crippen molar-refractivity contribution in [3.63, 3.8) is 0 Å². The third-order valence-corrected chi connectivity index (χ3v) is 5.28. The lowest BCUT2D eigenvalue weighted by Gasteiger charge is -2.38. The van der Waals surface area contributed by atoms with Crippen molar-refractivity contribution in [1.29, 1.82) is 0 Å². The molecule has 0 N–H and O–H groups in total. The summed E-state index contributed by atoms with van der Waals surface area (Å²) < 4.78 is 0. The molecule has 3 aromatic carbocycles. The van der Waals surface area contributed by atoms with Crippen LogP contribution >= 0.6 is 11.6 Å². The van der Waals surface area contributed by atoms with Crippen molar-refractivity contribution in [2.45, 2.75) is 19.4 Å². The second-order valence-corrected chi connectivity index (χ2v) is 7.20. The summed E-state index contributed by atoms with van der Waals surface area (Å²) in [6, 6.07) is 23.9. The van der Waals surface area contributed by atoms with Gasteiger partial charge in [-0.1, -0.05) is 65.7 Å². The maximum Gasteiger partial charge on any atom is 0.254 e. The van der Waals surface area contributed by atoms with Crippen LogP contribution in [0.4, 0.5) is 0 Å². The summed E-state index contributed by atoms with van der Waals surface area (Å²) in [4.78, 5) is 15.3. The second-order valence-electron chi connectivity index (χ2n) is 6.77. The first kappa shape index (κ1) is 16.9. The standard InChI is InChI=1S/C23H20ClNO/c1-16-6-8-19(9-7-16)23(26)25-15-14-17-4-2-3-5-21(17)22(25)18-10-12-20(24)13-11-18/h2-13,22H,14-15H2,1H3/t22-/m1/s1. The van der Waals surface area contributed by atoms with Gasteiger partial charge in [-0.3, -0.25) is 4.79 Å². The van der Waals surface area contributed by atoms with E-state index in [9.17, 15) is 4.79 Å². The molecule has 0 unspecified atom stereocenters. The van der Waals surface area contributed by atoms with Gasteiger partial charge in [-0.15, -0.1) is 0 Å². The number of hydrogen-bond donors (Lipinski definition) is 0. The highest BCUT2D eigenvalue weighted by atomic mass is 35.5. The van der Waals surface area contributed by atoms with Gasteiger partial charge in [0, 0.05) is 17.1 Å². The Kier molecular flexibility index (Phi) is 4.52. The van der Waals surface area contributed by atoms with E-state index in [1.165, 1.54) is 11.1 Å². The molecule has 0 bridgehead atoms. The molecule has 4 rings (SSSR count). The third-order valence-electron chi connectivity index (χ3n) is 5.03. The Labute approximate surface area is 159 Å². The molecule has 0 saturated heterocycles. The van der Waals surface area contributed by atoms with Crippen LogP contribution in [-0.2, 0) is 6.42 Å². The fourth-order valence-electron chi connectivity index (χ4n) is 3.65. The largest absolute Gasteiger partial charge is 0.327 e. The van der Waals surface area contributed by atoms with Crippen molar-refractivity contribution >= 4 is 17.5 Å². The van der Waals surface area contributed by atoms with Crippen LogP contribution in [0.5, 0.6) is 0 Å². The number of carbonyl (C=O) groups excluding carboxylic acids is 1. The molecule has 0 fully saturated rings. The summed E-state index contributed by atoms with van der Waals surface area (Å²) in [5.41, 5.74) is 5.47. The molecule has 1 aliphatic rings. The Morgan fingerprint density at radius 2 is 1.65 bits per heavy atom. The van der Waals surface area contributed by atoms with Gasteiger partial charge in [-0.05, 0) is 54.3 Å². The van der Waals surface area contributed by atoms with Gasteiger partial charge in [0.15, 0.2) is 0 Å². The minimum absolute atomic E-state index is 0.0689. The quantitative estimate of drug-likeness (QED) is 0.595. The number of carbonyl (C=O) groups is 1. The minimum Gasteiger partial charge on any atom is -0.327 e. The Morgan fingerprint density at radius 3 is 2.38 bits per heavy atom. The van der Waals surface area contributed by atoms with Gasteiger partial charge in [-0.25, -0.2) is 0 Å². The fraction of sp³-hybridized carbons (Fsp3) is 0.174. The zero-order valence-electron chi connectivity index (χ0n) is 14.7. The normalized spacial score (nSPS) is 16.2. The van der Waals surface area contributed by atoms with Crippen molar-refractivity contribution in [2.75, 3.05) is 6.54 Å². The molecule has 26 heavy (non-hydrogen) atoms. The predicted molar refractivity (Wildman–Crippen MR) is 106 cm³/mol. The van der Waals surface area contributed by atoms with Gasteiger partial charge in [0.05, 0.1) is 6.04 Å². The van der Waals surface area contributed by atoms with E-state index in [0.717, 1.165) is 23.1 Å². The number of hydrogen-bond acceptors (Lipinski definition) is 1. The summed E-state index contributed by atoms with van der Waals surface area (Å²) in [6.07, 6.45) is 0.873. The zero-order valence-corrected chi connectivity index (χ0v) is 15.4. The van der Waals surface area contributed by atoms with Crippen LogP contribution in [0, 0.1) is 6.92 Å². The second kappa shape index (κ2) is 6.97. The van der Waals surface area contributed by atoms with Crippen molar-refractivity contribution in [1.82, 2.24) is 4.90 Å². The van der Waals surface area contributed by atoms with Gasteiger partial charge in [0.25, 0.3) is 5.91 Å². The summed E-state index contributed by atoms with van der Waals surface area (Å²) in [6.45, 7) is 2.74. The first-order valence-electron chi connectivity index (χ1n) is 8.84. The van der Waals surface area contributed by atoms with E-state index in [4.69, 9.17) is 11.6 Å². The maximum atomic E-state index is 13.3. The highest BCUT2D eigenvalue weighted by Gasteiger charge is 2.32. The van der Waals surface area contributed by atoms with E-state index in [2.05, 4.69) is 18.2 Å². The maximum absolute atomic E-state index is 13.3. The monoisotopic (exact) mass is 361 g/mol. The lowest BCUT2D eigenvalue weighted by molar-refractivity contribution is 0.0694.